The van der Waals surface area contributed by atoms with Crippen LogP contribution in [0.2, 0.25) is 0 Å². The molecule has 1 heterocycles. The molecular formula is C19H22F3N3O3. The first kappa shape index (κ1) is 20.0. The monoisotopic (exact) mass is 397 g/mol. The lowest BCUT2D eigenvalue weighted by atomic mass is 10.2. The molecule has 0 radical (unpaired) electrons. The summed E-state index contributed by atoms with van der Waals surface area (Å²) in [5.74, 6) is 1.01. The van der Waals surface area contributed by atoms with Crippen molar-refractivity contribution in [2.75, 3.05) is 19.8 Å². The summed E-state index contributed by atoms with van der Waals surface area (Å²) >= 11 is 0. The number of carbonyl (C=O) groups excluding carboxylic acids is 1. The SMILES string of the molecule is CCOc1ccc(OCC(=O)NCCn2nc(C(F)(F)F)cc2C2CC2)cc1. The molecule has 1 aromatic heterocycles. The van der Waals surface area contributed by atoms with Gasteiger partial charge in [0.25, 0.3) is 5.91 Å². The highest BCUT2D eigenvalue weighted by Gasteiger charge is 2.37. The number of aromatic nitrogens is 2. The number of nitrogens with one attached hydrogen (secondary N) is 1. The molecule has 0 saturated heterocycles. The van der Waals surface area contributed by atoms with Crippen molar-refractivity contribution < 1.29 is 27.4 Å². The van der Waals surface area contributed by atoms with E-state index in [0.717, 1.165) is 18.9 Å². The van der Waals surface area contributed by atoms with Gasteiger partial charge in [-0.05, 0) is 50.1 Å². The Balaban J connectivity index is 1.46. The third-order valence-corrected chi connectivity index (χ3v) is 4.25. The second-order valence-electron chi connectivity index (χ2n) is 6.49. The number of carbonyl (C=O) groups is 1. The third kappa shape index (κ3) is 5.40. The molecule has 3 rings (SSSR count). The molecule has 0 atom stereocenters. The van der Waals surface area contributed by atoms with E-state index in [-0.39, 0.29) is 31.5 Å². The van der Waals surface area contributed by atoms with E-state index < -0.39 is 11.9 Å². The van der Waals surface area contributed by atoms with E-state index in [1.807, 2.05) is 6.92 Å². The summed E-state index contributed by atoms with van der Waals surface area (Å²) < 4.78 is 50.7. The van der Waals surface area contributed by atoms with Crippen molar-refractivity contribution in [3.05, 3.63) is 41.7 Å². The fourth-order valence-corrected chi connectivity index (χ4v) is 2.76. The van der Waals surface area contributed by atoms with Gasteiger partial charge in [-0.2, -0.15) is 18.3 Å². The lowest BCUT2D eigenvalue weighted by molar-refractivity contribution is -0.141. The molecule has 2 aromatic rings. The van der Waals surface area contributed by atoms with Crippen molar-refractivity contribution in [2.45, 2.75) is 38.4 Å². The maximum atomic E-state index is 12.9. The standard InChI is InChI=1S/C19H22F3N3O3/c1-2-27-14-5-7-15(8-6-14)28-12-18(26)23-9-10-25-16(13-3-4-13)11-17(24-25)19(20,21)22/h5-8,11,13H,2-4,9-10,12H2,1H3,(H,23,26). The van der Waals surface area contributed by atoms with Crippen molar-refractivity contribution >= 4 is 5.91 Å². The molecular weight excluding hydrogens is 375 g/mol. The van der Waals surface area contributed by atoms with E-state index in [0.29, 0.717) is 23.8 Å². The van der Waals surface area contributed by atoms with Gasteiger partial charge in [-0.3, -0.25) is 9.48 Å². The molecule has 1 N–H and O–H groups in total. The average molecular weight is 397 g/mol. The fraction of sp³-hybridized carbons (Fsp3) is 0.474. The van der Waals surface area contributed by atoms with Gasteiger partial charge < -0.3 is 14.8 Å². The van der Waals surface area contributed by atoms with Crippen LogP contribution >= 0.6 is 0 Å². The minimum atomic E-state index is -4.47. The van der Waals surface area contributed by atoms with Gasteiger partial charge in [0, 0.05) is 18.2 Å². The number of amides is 1. The summed E-state index contributed by atoms with van der Waals surface area (Å²) in [6.45, 7) is 2.61. The van der Waals surface area contributed by atoms with E-state index in [2.05, 4.69) is 10.4 Å². The van der Waals surface area contributed by atoms with Crippen LogP contribution in [0.4, 0.5) is 13.2 Å². The van der Waals surface area contributed by atoms with Gasteiger partial charge in [-0.1, -0.05) is 0 Å². The molecule has 0 bridgehead atoms. The number of nitrogens with zero attached hydrogens (tertiary/aromatic N) is 2. The molecule has 1 aromatic carbocycles. The largest absolute Gasteiger partial charge is 0.494 e. The lowest BCUT2D eigenvalue weighted by Gasteiger charge is -2.10. The summed E-state index contributed by atoms with van der Waals surface area (Å²) in [6.07, 6.45) is -2.74. The molecule has 1 saturated carbocycles. The van der Waals surface area contributed by atoms with Gasteiger partial charge in [0.05, 0.1) is 13.2 Å². The Kier molecular flexibility index (Phi) is 6.11. The minimum absolute atomic E-state index is 0.127. The fourth-order valence-electron chi connectivity index (χ4n) is 2.76. The third-order valence-electron chi connectivity index (χ3n) is 4.25. The van der Waals surface area contributed by atoms with E-state index in [9.17, 15) is 18.0 Å². The van der Waals surface area contributed by atoms with Crippen LogP contribution in [0.1, 0.15) is 37.1 Å². The number of alkyl halides is 3. The zero-order chi connectivity index (χ0) is 20.1. The quantitative estimate of drug-likeness (QED) is 0.705. The van der Waals surface area contributed by atoms with E-state index in [4.69, 9.17) is 9.47 Å². The van der Waals surface area contributed by atoms with Crippen LogP contribution in [0, 0.1) is 0 Å². The molecule has 0 unspecified atom stereocenters. The van der Waals surface area contributed by atoms with Gasteiger partial charge in [0.1, 0.15) is 11.5 Å². The van der Waals surface area contributed by atoms with Crippen molar-refractivity contribution in [3.8, 4) is 11.5 Å². The van der Waals surface area contributed by atoms with Crippen LogP contribution in [0.15, 0.2) is 30.3 Å². The molecule has 1 amide bonds. The second kappa shape index (κ2) is 8.53. The number of hydrogen-bond acceptors (Lipinski definition) is 4. The van der Waals surface area contributed by atoms with Crippen LogP contribution in [0.3, 0.4) is 0 Å². The van der Waals surface area contributed by atoms with Gasteiger partial charge in [-0.25, -0.2) is 0 Å². The van der Waals surface area contributed by atoms with Gasteiger partial charge in [0.15, 0.2) is 12.3 Å². The van der Waals surface area contributed by atoms with Crippen LogP contribution in [0.25, 0.3) is 0 Å². The number of halogens is 3. The summed E-state index contributed by atoms with van der Waals surface area (Å²) in [5, 5.41) is 6.29. The Morgan fingerprint density at radius 1 is 1.21 bits per heavy atom. The first-order valence-electron chi connectivity index (χ1n) is 9.14. The molecule has 152 valence electrons. The second-order valence-corrected chi connectivity index (χ2v) is 6.49. The van der Waals surface area contributed by atoms with Crippen molar-refractivity contribution in [1.82, 2.24) is 15.1 Å². The molecule has 9 heteroatoms. The lowest BCUT2D eigenvalue weighted by Crippen LogP contribution is -2.32. The Morgan fingerprint density at radius 3 is 2.43 bits per heavy atom. The van der Waals surface area contributed by atoms with E-state index >= 15 is 0 Å². The Hall–Kier alpha value is -2.71. The maximum absolute atomic E-state index is 12.9. The van der Waals surface area contributed by atoms with Crippen LogP contribution in [-0.2, 0) is 17.5 Å². The molecule has 1 aliphatic rings. The highest BCUT2D eigenvalue weighted by molar-refractivity contribution is 5.77. The zero-order valence-electron chi connectivity index (χ0n) is 15.5. The average Bonchev–Trinajstić information content (AvgIpc) is 3.40. The van der Waals surface area contributed by atoms with Crippen LogP contribution < -0.4 is 14.8 Å². The number of benzene rings is 1. The normalized spacial score (nSPS) is 14.0. The first-order valence-corrected chi connectivity index (χ1v) is 9.14. The highest BCUT2D eigenvalue weighted by Crippen LogP contribution is 2.42. The molecule has 0 spiro atoms. The van der Waals surface area contributed by atoms with Gasteiger partial charge in [0.2, 0.25) is 0 Å². The smallest absolute Gasteiger partial charge is 0.435 e. The minimum Gasteiger partial charge on any atom is -0.494 e. The van der Waals surface area contributed by atoms with Crippen molar-refractivity contribution in [2.24, 2.45) is 0 Å². The Morgan fingerprint density at radius 2 is 1.86 bits per heavy atom. The van der Waals surface area contributed by atoms with E-state index in [1.165, 1.54) is 4.68 Å². The molecule has 28 heavy (non-hydrogen) atoms. The Bertz CT molecular complexity index is 799. The Labute approximate surface area is 160 Å². The van der Waals surface area contributed by atoms with Crippen molar-refractivity contribution in [3.63, 3.8) is 0 Å². The highest BCUT2D eigenvalue weighted by atomic mass is 19.4. The molecule has 1 aliphatic carbocycles. The summed E-state index contributed by atoms with van der Waals surface area (Å²) in [4.78, 5) is 11.9. The predicted molar refractivity (Wildman–Crippen MR) is 95.3 cm³/mol. The first-order chi connectivity index (χ1) is 13.4. The summed E-state index contributed by atoms with van der Waals surface area (Å²) in [6, 6.07) is 7.98. The van der Waals surface area contributed by atoms with E-state index in [1.54, 1.807) is 24.3 Å². The van der Waals surface area contributed by atoms with Crippen molar-refractivity contribution in [1.29, 1.82) is 0 Å². The molecule has 6 nitrogen and oxygen atoms in total. The maximum Gasteiger partial charge on any atom is 0.435 e. The summed E-state index contributed by atoms with van der Waals surface area (Å²) in [5.41, 5.74) is -0.313. The van der Waals surface area contributed by atoms with Crippen LogP contribution in [-0.4, -0.2) is 35.4 Å². The topological polar surface area (TPSA) is 65.4 Å². The van der Waals surface area contributed by atoms with Crippen LogP contribution in [0.5, 0.6) is 11.5 Å². The number of ether oxygens (including phenoxy) is 2. The summed E-state index contributed by atoms with van der Waals surface area (Å²) in [7, 11) is 0. The number of rotatable bonds is 9. The molecule has 0 aliphatic heterocycles. The number of hydrogen-bond donors (Lipinski definition) is 1. The van der Waals surface area contributed by atoms with Gasteiger partial charge in [-0.15, -0.1) is 0 Å². The predicted octanol–water partition coefficient (Wildman–Crippen LogP) is 3.37. The zero-order valence-corrected chi connectivity index (χ0v) is 15.5. The molecule has 1 fully saturated rings. The van der Waals surface area contributed by atoms with Gasteiger partial charge >= 0.3 is 6.18 Å².